The summed E-state index contributed by atoms with van der Waals surface area (Å²) in [7, 11) is 0. The molecule has 4 nitrogen and oxygen atoms in total. The van der Waals surface area contributed by atoms with Crippen molar-refractivity contribution in [2.75, 3.05) is 18.5 Å². The van der Waals surface area contributed by atoms with Crippen LogP contribution in [0, 0.1) is 5.92 Å². The number of aliphatic hydroxyl groups is 1. The topological polar surface area (TPSA) is 61.4 Å². The average molecular weight is 271 g/mol. The monoisotopic (exact) mass is 270 g/mol. The number of carbonyl (C=O) groups is 1. The third kappa shape index (κ3) is 5.04. The van der Waals surface area contributed by atoms with E-state index in [9.17, 15) is 4.79 Å². The Hall–Kier alpha value is -1.10. The predicted octanol–water partition coefficient (Wildman–Crippen LogP) is 1.88. The molecule has 0 saturated heterocycles. The van der Waals surface area contributed by atoms with E-state index in [-0.39, 0.29) is 31.0 Å². The fourth-order valence-corrected chi connectivity index (χ4v) is 1.57. The second-order valence-corrected chi connectivity index (χ2v) is 4.82. The van der Waals surface area contributed by atoms with Crippen molar-refractivity contribution in [3.8, 4) is 0 Å². The highest BCUT2D eigenvalue weighted by molar-refractivity contribution is 6.30. The quantitative estimate of drug-likeness (QED) is 0.740. The fraction of sp³-hybridized carbons (Fsp3) is 0.462. The van der Waals surface area contributed by atoms with Gasteiger partial charge in [0, 0.05) is 23.4 Å². The summed E-state index contributed by atoms with van der Waals surface area (Å²) in [6.45, 7) is 4.17. The van der Waals surface area contributed by atoms with Crippen LogP contribution in [0.15, 0.2) is 24.3 Å². The highest BCUT2D eigenvalue weighted by Gasteiger charge is 2.11. The van der Waals surface area contributed by atoms with E-state index in [1.807, 2.05) is 13.8 Å². The molecule has 1 amide bonds. The molecule has 1 aromatic carbocycles. The van der Waals surface area contributed by atoms with Gasteiger partial charge in [-0.25, -0.2) is 0 Å². The third-order valence-corrected chi connectivity index (χ3v) is 3.07. The Kier molecular flexibility index (Phi) is 6.12. The van der Waals surface area contributed by atoms with Crippen LogP contribution in [0.1, 0.15) is 13.8 Å². The maximum atomic E-state index is 11.7. The number of aliphatic hydroxyl groups excluding tert-OH is 1. The molecule has 100 valence electrons. The molecule has 0 aliphatic carbocycles. The SMILES string of the molecule is CC(CO)C(C)NCC(=O)Nc1cccc(Cl)c1. The Labute approximate surface area is 112 Å². The van der Waals surface area contributed by atoms with Gasteiger partial charge in [0.1, 0.15) is 0 Å². The van der Waals surface area contributed by atoms with Crippen molar-refractivity contribution in [2.24, 2.45) is 5.92 Å². The summed E-state index contributed by atoms with van der Waals surface area (Å²) >= 11 is 5.82. The van der Waals surface area contributed by atoms with Crippen LogP contribution < -0.4 is 10.6 Å². The first-order valence-corrected chi connectivity index (χ1v) is 6.30. The molecular formula is C13H19ClN2O2. The van der Waals surface area contributed by atoms with Crippen LogP contribution in [0.2, 0.25) is 5.02 Å². The van der Waals surface area contributed by atoms with E-state index in [1.54, 1.807) is 24.3 Å². The van der Waals surface area contributed by atoms with Crippen LogP contribution >= 0.6 is 11.6 Å². The van der Waals surface area contributed by atoms with E-state index in [0.717, 1.165) is 0 Å². The van der Waals surface area contributed by atoms with Crippen LogP contribution in [0.4, 0.5) is 5.69 Å². The highest BCUT2D eigenvalue weighted by Crippen LogP contribution is 2.14. The Balaban J connectivity index is 2.38. The number of halogens is 1. The number of hydrogen-bond acceptors (Lipinski definition) is 3. The van der Waals surface area contributed by atoms with Crippen molar-refractivity contribution < 1.29 is 9.90 Å². The molecule has 0 aliphatic rings. The first-order valence-electron chi connectivity index (χ1n) is 5.92. The second kappa shape index (κ2) is 7.36. The molecule has 3 N–H and O–H groups in total. The smallest absolute Gasteiger partial charge is 0.238 e. The summed E-state index contributed by atoms with van der Waals surface area (Å²) in [5.41, 5.74) is 0.678. The van der Waals surface area contributed by atoms with Crippen LogP contribution in [0.3, 0.4) is 0 Å². The molecule has 1 aromatic rings. The standard InChI is InChI=1S/C13H19ClN2O2/c1-9(8-17)10(2)15-7-13(18)16-12-5-3-4-11(14)6-12/h3-6,9-10,15,17H,7-8H2,1-2H3,(H,16,18). The largest absolute Gasteiger partial charge is 0.396 e. The van der Waals surface area contributed by atoms with E-state index >= 15 is 0 Å². The van der Waals surface area contributed by atoms with E-state index in [2.05, 4.69) is 10.6 Å². The van der Waals surface area contributed by atoms with E-state index in [4.69, 9.17) is 16.7 Å². The number of benzene rings is 1. The molecule has 5 heteroatoms. The normalized spacial score (nSPS) is 14.0. The number of anilines is 1. The molecular weight excluding hydrogens is 252 g/mol. The number of rotatable bonds is 6. The Morgan fingerprint density at radius 1 is 1.44 bits per heavy atom. The third-order valence-electron chi connectivity index (χ3n) is 2.83. The van der Waals surface area contributed by atoms with Gasteiger partial charge in [-0.3, -0.25) is 4.79 Å². The average Bonchev–Trinajstić information content (AvgIpc) is 2.35. The molecule has 0 spiro atoms. The van der Waals surface area contributed by atoms with Gasteiger partial charge in [0.15, 0.2) is 0 Å². The van der Waals surface area contributed by atoms with Gasteiger partial charge < -0.3 is 15.7 Å². The van der Waals surface area contributed by atoms with Crippen molar-refractivity contribution >= 4 is 23.2 Å². The minimum absolute atomic E-state index is 0.0834. The molecule has 0 heterocycles. The van der Waals surface area contributed by atoms with Gasteiger partial charge in [-0.05, 0) is 31.0 Å². The van der Waals surface area contributed by atoms with Crippen molar-refractivity contribution in [3.05, 3.63) is 29.3 Å². The van der Waals surface area contributed by atoms with Gasteiger partial charge in [0.25, 0.3) is 0 Å². The van der Waals surface area contributed by atoms with Gasteiger partial charge in [-0.1, -0.05) is 24.6 Å². The highest BCUT2D eigenvalue weighted by atomic mass is 35.5. The lowest BCUT2D eigenvalue weighted by Crippen LogP contribution is -2.39. The number of nitrogens with one attached hydrogen (secondary N) is 2. The zero-order chi connectivity index (χ0) is 13.5. The Bertz CT molecular complexity index is 398. The molecule has 0 aromatic heterocycles. The van der Waals surface area contributed by atoms with E-state index in [0.29, 0.717) is 10.7 Å². The lowest BCUT2D eigenvalue weighted by Gasteiger charge is -2.18. The maximum Gasteiger partial charge on any atom is 0.238 e. The molecule has 0 saturated carbocycles. The van der Waals surface area contributed by atoms with Gasteiger partial charge in [-0.2, -0.15) is 0 Å². The molecule has 0 radical (unpaired) electrons. The minimum atomic E-state index is -0.130. The van der Waals surface area contributed by atoms with E-state index < -0.39 is 0 Å². The Morgan fingerprint density at radius 3 is 2.78 bits per heavy atom. The number of carbonyl (C=O) groups excluding carboxylic acids is 1. The Morgan fingerprint density at radius 2 is 2.17 bits per heavy atom. The predicted molar refractivity (Wildman–Crippen MR) is 73.8 cm³/mol. The van der Waals surface area contributed by atoms with Gasteiger partial charge in [0.2, 0.25) is 5.91 Å². The van der Waals surface area contributed by atoms with Crippen LogP contribution in [-0.4, -0.2) is 30.2 Å². The molecule has 0 bridgehead atoms. The summed E-state index contributed by atoms with van der Waals surface area (Å²) in [6, 6.07) is 7.09. The second-order valence-electron chi connectivity index (χ2n) is 4.39. The maximum absolute atomic E-state index is 11.7. The fourth-order valence-electron chi connectivity index (χ4n) is 1.38. The minimum Gasteiger partial charge on any atom is -0.396 e. The molecule has 2 atom stereocenters. The zero-order valence-corrected chi connectivity index (χ0v) is 11.4. The lowest BCUT2D eigenvalue weighted by molar-refractivity contribution is -0.115. The van der Waals surface area contributed by atoms with Gasteiger partial charge in [-0.15, -0.1) is 0 Å². The molecule has 0 fully saturated rings. The van der Waals surface area contributed by atoms with Crippen molar-refractivity contribution in [1.29, 1.82) is 0 Å². The summed E-state index contributed by atoms with van der Waals surface area (Å²) < 4.78 is 0. The molecule has 1 rings (SSSR count). The number of hydrogen-bond donors (Lipinski definition) is 3. The summed E-state index contributed by atoms with van der Waals surface area (Å²) in [5.74, 6) is -0.0155. The van der Waals surface area contributed by atoms with Crippen LogP contribution in [0.25, 0.3) is 0 Å². The lowest BCUT2D eigenvalue weighted by atomic mass is 10.1. The van der Waals surface area contributed by atoms with Crippen molar-refractivity contribution in [2.45, 2.75) is 19.9 Å². The summed E-state index contributed by atoms with van der Waals surface area (Å²) in [6.07, 6.45) is 0. The zero-order valence-electron chi connectivity index (χ0n) is 10.6. The molecule has 0 aliphatic heterocycles. The summed E-state index contributed by atoms with van der Waals surface area (Å²) in [4.78, 5) is 11.7. The van der Waals surface area contributed by atoms with Crippen LogP contribution in [-0.2, 0) is 4.79 Å². The van der Waals surface area contributed by atoms with Crippen molar-refractivity contribution in [3.63, 3.8) is 0 Å². The summed E-state index contributed by atoms with van der Waals surface area (Å²) in [5, 5.41) is 15.4. The van der Waals surface area contributed by atoms with Gasteiger partial charge in [0.05, 0.1) is 6.54 Å². The number of amides is 1. The van der Waals surface area contributed by atoms with E-state index in [1.165, 1.54) is 0 Å². The van der Waals surface area contributed by atoms with Crippen molar-refractivity contribution in [1.82, 2.24) is 5.32 Å². The molecule has 2 unspecified atom stereocenters. The molecule has 18 heavy (non-hydrogen) atoms. The van der Waals surface area contributed by atoms with Gasteiger partial charge >= 0.3 is 0 Å². The first kappa shape index (κ1) is 15.0. The van der Waals surface area contributed by atoms with Crippen LogP contribution in [0.5, 0.6) is 0 Å². The first-order chi connectivity index (χ1) is 8.52.